The Labute approximate surface area is 151 Å². The fourth-order valence-electron chi connectivity index (χ4n) is 3.28. The quantitative estimate of drug-likeness (QED) is 0.670. The predicted molar refractivity (Wildman–Crippen MR) is 99.4 cm³/mol. The second kappa shape index (κ2) is 7.23. The second-order valence-corrected chi connectivity index (χ2v) is 7.08. The molecule has 1 aliphatic rings. The molecule has 0 spiro atoms. The predicted octanol–water partition coefficient (Wildman–Crippen LogP) is 3.19. The van der Waals surface area contributed by atoms with Crippen molar-refractivity contribution in [1.29, 1.82) is 0 Å². The van der Waals surface area contributed by atoms with Gasteiger partial charge < -0.3 is 25.5 Å². The molecule has 0 radical (unpaired) electrons. The van der Waals surface area contributed by atoms with Gasteiger partial charge in [0, 0.05) is 29.9 Å². The van der Waals surface area contributed by atoms with Gasteiger partial charge in [-0.3, -0.25) is 0 Å². The van der Waals surface area contributed by atoms with Gasteiger partial charge in [0.15, 0.2) is 5.58 Å². The van der Waals surface area contributed by atoms with E-state index in [0.29, 0.717) is 29.3 Å². The van der Waals surface area contributed by atoms with Gasteiger partial charge in [0.05, 0.1) is 11.3 Å². The SMILES string of the molecule is CCc1oc2c(NC(=O)NCC3(O)CCCNC3)cc(Cl)cc2c1C. The first-order valence-corrected chi connectivity index (χ1v) is 8.99. The van der Waals surface area contributed by atoms with Gasteiger partial charge >= 0.3 is 6.03 Å². The molecule has 0 bridgehead atoms. The number of urea groups is 1. The maximum absolute atomic E-state index is 12.3. The summed E-state index contributed by atoms with van der Waals surface area (Å²) in [4.78, 5) is 12.3. The fourth-order valence-corrected chi connectivity index (χ4v) is 3.49. The smallest absolute Gasteiger partial charge is 0.319 e. The van der Waals surface area contributed by atoms with Crippen LogP contribution in [0.5, 0.6) is 0 Å². The Bertz CT molecular complexity index is 781. The molecule has 25 heavy (non-hydrogen) atoms. The molecule has 1 aliphatic heterocycles. The first-order chi connectivity index (χ1) is 11.9. The van der Waals surface area contributed by atoms with Gasteiger partial charge in [0.25, 0.3) is 0 Å². The number of rotatable bonds is 4. The number of furan rings is 1. The minimum atomic E-state index is -0.907. The summed E-state index contributed by atoms with van der Waals surface area (Å²) >= 11 is 6.19. The molecule has 2 amide bonds. The van der Waals surface area contributed by atoms with Crippen molar-refractivity contribution >= 4 is 34.3 Å². The van der Waals surface area contributed by atoms with Crippen molar-refractivity contribution in [1.82, 2.24) is 10.6 Å². The van der Waals surface area contributed by atoms with E-state index in [-0.39, 0.29) is 6.54 Å². The van der Waals surface area contributed by atoms with Gasteiger partial charge in [-0.05, 0) is 44.0 Å². The summed E-state index contributed by atoms with van der Waals surface area (Å²) in [5.74, 6) is 0.878. The lowest BCUT2D eigenvalue weighted by molar-refractivity contribution is 0.0198. The average Bonchev–Trinajstić information content (AvgIpc) is 2.90. The van der Waals surface area contributed by atoms with Crippen molar-refractivity contribution in [3.8, 4) is 0 Å². The van der Waals surface area contributed by atoms with Gasteiger partial charge in [-0.2, -0.15) is 0 Å². The van der Waals surface area contributed by atoms with Crippen molar-refractivity contribution in [2.45, 2.75) is 38.7 Å². The van der Waals surface area contributed by atoms with Crippen LogP contribution in [0.1, 0.15) is 31.1 Å². The highest BCUT2D eigenvalue weighted by Crippen LogP contribution is 2.34. The molecule has 136 valence electrons. The summed E-state index contributed by atoms with van der Waals surface area (Å²) in [5.41, 5.74) is 1.27. The molecule has 1 saturated heterocycles. The lowest BCUT2D eigenvalue weighted by Crippen LogP contribution is -2.53. The summed E-state index contributed by atoms with van der Waals surface area (Å²) in [7, 11) is 0. The number of benzene rings is 1. The molecule has 1 atom stereocenters. The molecule has 1 aromatic carbocycles. The number of nitrogens with one attached hydrogen (secondary N) is 3. The molecule has 3 rings (SSSR count). The van der Waals surface area contributed by atoms with E-state index in [1.54, 1.807) is 6.07 Å². The number of halogens is 1. The Morgan fingerprint density at radius 3 is 2.96 bits per heavy atom. The average molecular weight is 366 g/mol. The lowest BCUT2D eigenvalue weighted by Gasteiger charge is -2.32. The molecule has 1 unspecified atom stereocenters. The van der Waals surface area contributed by atoms with Crippen LogP contribution < -0.4 is 16.0 Å². The largest absolute Gasteiger partial charge is 0.459 e. The zero-order valence-corrected chi connectivity index (χ0v) is 15.3. The molecule has 1 aromatic heterocycles. The highest BCUT2D eigenvalue weighted by atomic mass is 35.5. The van der Waals surface area contributed by atoms with Crippen LogP contribution >= 0.6 is 11.6 Å². The third-order valence-electron chi connectivity index (χ3n) is 4.70. The van der Waals surface area contributed by atoms with Crippen molar-refractivity contribution in [2.24, 2.45) is 0 Å². The van der Waals surface area contributed by atoms with Gasteiger partial charge in [-0.1, -0.05) is 18.5 Å². The van der Waals surface area contributed by atoms with Crippen LogP contribution in [-0.2, 0) is 6.42 Å². The summed E-state index contributed by atoms with van der Waals surface area (Å²) in [6.45, 7) is 5.56. The van der Waals surface area contributed by atoms with E-state index in [0.717, 1.165) is 36.1 Å². The molecular weight excluding hydrogens is 342 g/mol. The van der Waals surface area contributed by atoms with Gasteiger partial charge in [0.1, 0.15) is 5.76 Å². The Balaban J connectivity index is 1.74. The molecule has 0 saturated carbocycles. The number of anilines is 1. The van der Waals surface area contributed by atoms with E-state index in [4.69, 9.17) is 16.0 Å². The lowest BCUT2D eigenvalue weighted by atomic mass is 9.94. The van der Waals surface area contributed by atoms with Crippen molar-refractivity contribution in [3.63, 3.8) is 0 Å². The molecule has 6 nitrogen and oxygen atoms in total. The normalized spacial score (nSPS) is 20.6. The van der Waals surface area contributed by atoms with E-state index >= 15 is 0 Å². The second-order valence-electron chi connectivity index (χ2n) is 6.65. The van der Waals surface area contributed by atoms with Crippen LogP contribution in [0.4, 0.5) is 10.5 Å². The monoisotopic (exact) mass is 365 g/mol. The number of β-amino-alcohol motifs (C(OH)–C–C–N with tert-alkyl or cyclic N) is 1. The summed E-state index contributed by atoms with van der Waals surface area (Å²) in [5, 5.41) is 20.5. The van der Waals surface area contributed by atoms with Crippen LogP contribution in [0.15, 0.2) is 16.5 Å². The van der Waals surface area contributed by atoms with E-state index in [1.165, 1.54) is 0 Å². The van der Waals surface area contributed by atoms with Gasteiger partial charge in [-0.25, -0.2) is 4.79 Å². The summed E-state index contributed by atoms with van der Waals surface area (Å²) < 4.78 is 5.89. The van der Waals surface area contributed by atoms with Crippen LogP contribution in [0.3, 0.4) is 0 Å². The summed E-state index contributed by atoms with van der Waals surface area (Å²) in [6.07, 6.45) is 2.32. The number of piperidine rings is 1. The van der Waals surface area contributed by atoms with Crippen LogP contribution in [0, 0.1) is 6.92 Å². The third-order valence-corrected chi connectivity index (χ3v) is 4.92. The molecule has 2 aromatic rings. The van der Waals surface area contributed by atoms with Gasteiger partial charge in [-0.15, -0.1) is 0 Å². The topological polar surface area (TPSA) is 86.5 Å². The van der Waals surface area contributed by atoms with E-state index in [1.807, 2.05) is 19.9 Å². The van der Waals surface area contributed by atoms with Crippen LogP contribution in [-0.4, -0.2) is 36.4 Å². The highest BCUT2D eigenvalue weighted by molar-refractivity contribution is 6.32. The molecule has 1 fully saturated rings. The van der Waals surface area contributed by atoms with Gasteiger partial charge in [0.2, 0.25) is 0 Å². The maximum Gasteiger partial charge on any atom is 0.319 e. The zero-order valence-electron chi connectivity index (χ0n) is 14.5. The number of hydrogen-bond acceptors (Lipinski definition) is 4. The molecule has 4 N–H and O–H groups in total. The van der Waals surface area contributed by atoms with Crippen molar-refractivity contribution in [3.05, 3.63) is 28.5 Å². The maximum atomic E-state index is 12.3. The Morgan fingerprint density at radius 1 is 1.48 bits per heavy atom. The highest BCUT2D eigenvalue weighted by Gasteiger charge is 2.29. The minimum absolute atomic E-state index is 0.187. The van der Waals surface area contributed by atoms with Crippen LogP contribution in [0.2, 0.25) is 5.02 Å². The zero-order chi connectivity index (χ0) is 18.0. The number of aryl methyl sites for hydroxylation is 2. The first kappa shape index (κ1) is 18.0. The Kier molecular flexibility index (Phi) is 5.22. The number of hydrogen-bond donors (Lipinski definition) is 4. The third kappa shape index (κ3) is 3.92. The van der Waals surface area contributed by atoms with Crippen LogP contribution in [0.25, 0.3) is 11.0 Å². The number of fused-ring (bicyclic) bond motifs is 1. The van der Waals surface area contributed by atoms with Crippen molar-refractivity contribution < 1.29 is 14.3 Å². The number of carbonyl (C=O) groups excluding carboxylic acids is 1. The molecular formula is C18H24ClN3O3. The van der Waals surface area contributed by atoms with E-state index in [9.17, 15) is 9.90 Å². The molecule has 0 aliphatic carbocycles. The standard InChI is InChI=1S/C18H24ClN3O3/c1-3-15-11(2)13-7-12(19)8-14(16(13)25-15)22-17(23)21-10-18(24)5-4-6-20-9-18/h7-8,20,24H,3-6,9-10H2,1-2H3,(H2,21,22,23). The van der Waals surface area contributed by atoms with Crippen molar-refractivity contribution in [2.75, 3.05) is 25.0 Å². The Hall–Kier alpha value is -1.76. The summed E-state index contributed by atoms with van der Waals surface area (Å²) in [6, 6.07) is 3.12. The number of aliphatic hydroxyl groups is 1. The number of carbonyl (C=O) groups is 1. The first-order valence-electron chi connectivity index (χ1n) is 8.61. The molecule has 2 heterocycles. The van der Waals surface area contributed by atoms with E-state index < -0.39 is 11.6 Å². The Morgan fingerprint density at radius 2 is 2.28 bits per heavy atom. The fraction of sp³-hybridized carbons (Fsp3) is 0.500. The molecule has 7 heteroatoms. The minimum Gasteiger partial charge on any atom is -0.459 e. The van der Waals surface area contributed by atoms with E-state index in [2.05, 4.69) is 16.0 Å². The number of amides is 2.